The van der Waals surface area contributed by atoms with E-state index >= 15 is 0 Å². The number of para-hydroxylation sites is 1. The number of benzene rings is 3. The van der Waals surface area contributed by atoms with E-state index in [-0.39, 0.29) is 116 Å². The summed E-state index contributed by atoms with van der Waals surface area (Å²) in [5.41, 5.74) is 7.37. The molecule has 0 aliphatic carbocycles. The largest absolute Gasteiger partial charge is 0.481 e. The van der Waals surface area contributed by atoms with Crippen molar-refractivity contribution in [3.8, 4) is 5.75 Å². The Kier molecular flexibility index (Phi) is 52.4. The Hall–Kier alpha value is -12.3. The van der Waals surface area contributed by atoms with Crippen LogP contribution in [0.5, 0.6) is 5.75 Å². The molecule has 1 heterocycles. The van der Waals surface area contributed by atoms with Crippen molar-refractivity contribution in [3.63, 3.8) is 0 Å². The number of carboxylic acid groups (broad SMARTS) is 5. The first-order valence-corrected chi connectivity index (χ1v) is 44.2. The lowest BCUT2D eigenvalue weighted by Gasteiger charge is -2.26. The summed E-state index contributed by atoms with van der Waals surface area (Å²) in [5.74, 6) is -18.4. The lowest BCUT2D eigenvalue weighted by Crippen LogP contribution is -2.59. The monoisotopic (exact) mass is 1840 g/mol. The fourth-order valence-electron chi connectivity index (χ4n) is 13.1. The molecular weight excluding hydrogens is 1720 g/mol. The maximum absolute atomic E-state index is 14.6. The average molecular weight is 1840 g/mol. The Morgan fingerprint density at radius 3 is 1.36 bits per heavy atom. The standard InChI is InChI=1S/C85H123N13O30S/c1-2-3-26-61(80(114)98-68(50-77(110)111)84(118)96-64(78(86)112)46-55-23-17-16-18-24-55)94-82(116)66(48-57-51-89-60-27-22-21-25-59(57)60)92-71(101)52-90-79(113)62(35-37-75(106)107)95-81(115)65(47-56-30-32-58(33-31-56)128-129(121,122)123)97-83(117)67(49-76(108)109)93-73(103)54-127-45-43-125-41-39-88-72(102)53-126-44-42-124-40-38-87-69(99)36-34-63(85(119)120)91-70(100)28-19-14-12-10-8-6-4-5-7-9-11-13-15-20-29-74(104)105/h16-18,21-25,27,30-33,51,61-68,89H,2-15,19-20,26,28-29,34-50,52-54H2,1H3,(H2,86,112)(H,87,99)(H,88,102)(H,90,113)(H,91,100)(H,92,101)(H,93,103)(H,94,116)(H,95,115)(H,96,118)(H,97,117)(H,98,114)(H,104,105)(H,106,107)(H,108,109)(H,110,111)(H,119,120)(H,121,122,123)/t61-,62-,63-,64-,65-,66-,67-,68-/m0/s1. The first kappa shape index (κ1) is 109. The first-order valence-electron chi connectivity index (χ1n) is 42.9. The number of aliphatic carboxylic acids is 5. The van der Waals surface area contributed by atoms with E-state index < -0.39 is 210 Å². The third-order valence-corrected chi connectivity index (χ3v) is 20.2. The van der Waals surface area contributed by atoms with Crippen LogP contribution in [0, 0.1) is 0 Å². The molecule has 3 aromatic carbocycles. The van der Waals surface area contributed by atoms with Gasteiger partial charge in [0.2, 0.25) is 70.9 Å². The average Bonchev–Trinajstić information content (AvgIpc) is 1.69. The van der Waals surface area contributed by atoms with Crippen LogP contribution in [0.2, 0.25) is 0 Å². The molecule has 8 atom stereocenters. The second-order valence-corrected chi connectivity index (χ2v) is 31.4. The second kappa shape index (κ2) is 62.0. The van der Waals surface area contributed by atoms with Crippen LogP contribution in [-0.4, -0.2) is 265 Å². The number of ether oxygens (including phenoxy) is 4. The van der Waals surface area contributed by atoms with Crippen LogP contribution in [0.1, 0.15) is 184 Å². The zero-order valence-electron chi connectivity index (χ0n) is 72.2. The fraction of sp³-hybridized carbons (Fsp3) is 0.565. The number of amides is 12. The van der Waals surface area contributed by atoms with Crippen LogP contribution < -0.4 is 68.4 Å². The van der Waals surface area contributed by atoms with E-state index in [1.54, 1.807) is 67.7 Å². The van der Waals surface area contributed by atoms with Gasteiger partial charge in [0.25, 0.3) is 0 Å². The normalized spacial score (nSPS) is 13.0. The van der Waals surface area contributed by atoms with Gasteiger partial charge in [0.1, 0.15) is 67.3 Å². The molecule has 0 aliphatic heterocycles. The minimum absolute atomic E-state index is 0.00792. The number of aromatic nitrogens is 1. The third-order valence-electron chi connectivity index (χ3n) is 19.8. The molecule has 1 aromatic heterocycles. The molecule has 4 rings (SSSR count). The van der Waals surface area contributed by atoms with Gasteiger partial charge in [0.15, 0.2) is 0 Å². The predicted molar refractivity (Wildman–Crippen MR) is 461 cm³/mol. The molecule has 0 unspecified atom stereocenters. The Morgan fingerprint density at radius 2 is 0.814 bits per heavy atom. The van der Waals surface area contributed by atoms with Gasteiger partial charge in [-0.2, -0.15) is 8.42 Å². The molecule has 43 nitrogen and oxygen atoms in total. The van der Waals surface area contributed by atoms with Crippen molar-refractivity contribution in [2.75, 3.05) is 72.5 Å². The summed E-state index contributed by atoms with van der Waals surface area (Å²) in [7, 11) is -5.04. The van der Waals surface area contributed by atoms with Crippen molar-refractivity contribution in [2.24, 2.45) is 5.73 Å². The number of fused-ring (bicyclic) bond motifs is 1. The molecule has 714 valence electrons. The predicted octanol–water partition coefficient (Wildman–Crippen LogP) is 1.35. The van der Waals surface area contributed by atoms with Gasteiger partial charge >= 0.3 is 40.2 Å². The van der Waals surface area contributed by atoms with E-state index in [9.17, 15) is 115 Å². The van der Waals surface area contributed by atoms with Gasteiger partial charge < -0.3 is 118 Å². The van der Waals surface area contributed by atoms with Crippen molar-refractivity contribution in [3.05, 3.63) is 102 Å². The number of carbonyl (C=O) groups is 17. The van der Waals surface area contributed by atoms with E-state index in [0.717, 1.165) is 69.9 Å². The number of rotatable bonds is 72. The van der Waals surface area contributed by atoms with E-state index in [1.165, 1.54) is 37.8 Å². The molecule has 4 aromatic rings. The molecule has 44 heteroatoms. The number of unbranched alkanes of at least 4 members (excludes halogenated alkanes) is 14. The van der Waals surface area contributed by atoms with Gasteiger partial charge in [0.05, 0.1) is 59.0 Å². The molecule has 0 radical (unpaired) electrons. The van der Waals surface area contributed by atoms with Crippen molar-refractivity contribution >= 4 is 122 Å². The summed E-state index contributed by atoms with van der Waals surface area (Å²) in [6, 6.07) is 6.50. The molecule has 12 amide bonds. The number of carbonyl (C=O) groups excluding carboxylic acids is 12. The van der Waals surface area contributed by atoms with E-state index in [0.29, 0.717) is 34.9 Å². The molecule has 0 aliphatic rings. The van der Waals surface area contributed by atoms with E-state index in [4.69, 9.17) is 29.8 Å². The topological polar surface area (TPSA) is 666 Å². The zero-order chi connectivity index (χ0) is 94.9. The van der Waals surface area contributed by atoms with Crippen LogP contribution >= 0.6 is 0 Å². The molecule has 0 spiro atoms. The van der Waals surface area contributed by atoms with Gasteiger partial charge in [-0.3, -0.25) is 81.3 Å². The highest BCUT2D eigenvalue weighted by atomic mass is 32.3. The van der Waals surface area contributed by atoms with E-state index in [2.05, 4.69) is 67.7 Å². The third kappa shape index (κ3) is 49.0. The van der Waals surface area contributed by atoms with Crippen LogP contribution in [0.3, 0.4) is 0 Å². The summed E-state index contributed by atoms with van der Waals surface area (Å²) in [4.78, 5) is 224. The molecule has 0 fully saturated rings. The lowest BCUT2D eigenvalue weighted by atomic mass is 10.0. The Bertz CT molecular complexity index is 4390. The highest BCUT2D eigenvalue weighted by Gasteiger charge is 2.36. The number of H-pyrrole nitrogens is 1. The summed E-state index contributed by atoms with van der Waals surface area (Å²) in [6.45, 7) is -0.511. The maximum atomic E-state index is 14.6. The van der Waals surface area contributed by atoms with Crippen LogP contribution in [0.4, 0.5) is 0 Å². The number of nitrogens with one attached hydrogen (secondary N) is 12. The maximum Gasteiger partial charge on any atom is 0.446 e. The number of primary amides is 1. The summed E-state index contributed by atoms with van der Waals surface area (Å²) < 4.78 is 58.1. The SMILES string of the molecule is CCCC[C@H](NC(=O)[C@H](Cc1c[nH]c2ccccc12)NC(=O)CNC(=O)[C@H](CCC(=O)O)NC(=O)[C@H](Cc1ccc(OS(=O)(=O)O)cc1)NC(=O)[C@H](CC(=O)O)NC(=O)COCCOCCNC(=O)COCCOCCNC(=O)CC[C@H](NC(=O)CCCCCCCCCCCCCCCCC(=O)O)C(=O)O)C(=O)N[C@@H](CC(=O)O)C(=O)N[C@@H](Cc1ccccc1)C(N)=O. The highest BCUT2D eigenvalue weighted by Crippen LogP contribution is 2.22. The summed E-state index contributed by atoms with van der Waals surface area (Å²) >= 11 is 0. The van der Waals surface area contributed by atoms with Crippen molar-refractivity contribution in [1.29, 1.82) is 0 Å². The number of carboxylic acids is 5. The molecule has 0 bridgehead atoms. The second-order valence-electron chi connectivity index (χ2n) is 30.4. The molecular formula is C85H123N13O30S. The highest BCUT2D eigenvalue weighted by molar-refractivity contribution is 7.81. The van der Waals surface area contributed by atoms with Crippen LogP contribution in [-0.2, 0) is 130 Å². The van der Waals surface area contributed by atoms with Gasteiger partial charge in [0, 0.05) is 75.1 Å². The van der Waals surface area contributed by atoms with Gasteiger partial charge in [-0.25, -0.2) is 4.79 Å². The van der Waals surface area contributed by atoms with Crippen LogP contribution in [0.15, 0.2) is 85.1 Å². The summed E-state index contributed by atoms with van der Waals surface area (Å²) in [6.07, 6.45) is 12.2. The fourth-order valence-corrected chi connectivity index (χ4v) is 13.4. The van der Waals surface area contributed by atoms with Gasteiger partial charge in [-0.05, 0) is 67.0 Å². The lowest BCUT2D eigenvalue weighted by molar-refractivity contribution is -0.142. The smallest absolute Gasteiger partial charge is 0.446 e. The minimum Gasteiger partial charge on any atom is -0.481 e. The number of aromatic amines is 1. The summed E-state index contributed by atoms with van der Waals surface area (Å²) in [5, 5.41) is 75.0. The number of hydrogen-bond acceptors (Lipinski definition) is 24. The van der Waals surface area contributed by atoms with E-state index in [1.807, 2.05) is 0 Å². The Morgan fingerprint density at radius 1 is 0.380 bits per heavy atom. The van der Waals surface area contributed by atoms with Crippen molar-refractivity contribution < 1.29 is 143 Å². The molecule has 20 N–H and O–H groups in total. The van der Waals surface area contributed by atoms with Gasteiger partial charge in [-0.15, -0.1) is 0 Å². The van der Waals surface area contributed by atoms with Crippen LogP contribution in [0.25, 0.3) is 10.9 Å². The van der Waals surface area contributed by atoms with Crippen molar-refractivity contribution in [1.82, 2.24) is 63.5 Å². The molecule has 0 saturated heterocycles. The first-order chi connectivity index (χ1) is 61.6. The van der Waals surface area contributed by atoms with Crippen molar-refractivity contribution in [2.45, 2.75) is 235 Å². The molecule has 0 saturated carbocycles. The quantitative estimate of drug-likeness (QED) is 0.0219. The molecule has 129 heavy (non-hydrogen) atoms. The number of nitrogens with two attached hydrogens (primary N) is 1. The minimum atomic E-state index is -5.04. The Balaban J connectivity index is 1.26. The van der Waals surface area contributed by atoms with Gasteiger partial charge in [-0.1, -0.05) is 157 Å². The Labute approximate surface area is 746 Å². The zero-order valence-corrected chi connectivity index (χ0v) is 73.1. The number of hydrogen-bond donors (Lipinski definition) is 19.